The summed E-state index contributed by atoms with van der Waals surface area (Å²) in [5.41, 5.74) is 8.26. The molecular formula is C30H36N4O3. The minimum Gasteiger partial charge on any atom is -0.325 e. The molecule has 194 valence electrons. The van der Waals surface area contributed by atoms with Crippen LogP contribution in [0.15, 0.2) is 54.6 Å². The van der Waals surface area contributed by atoms with Gasteiger partial charge >= 0.3 is 0 Å². The average molecular weight is 501 g/mol. The smallest absolute Gasteiger partial charge is 0.238 e. The Kier molecular flexibility index (Phi) is 9.20. The molecule has 7 nitrogen and oxygen atoms in total. The molecule has 0 heterocycles. The summed E-state index contributed by atoms with van der Waals surface area (Å²) in [5.74, 6) is -0.907. The van der Waals surface area contributed by atoms with E-state index < -0.39 is 0 Å². The van der Waals surface area contributed by atoms with E-state index >= 15 is 0 Å². The van der Waals surface area contributed by atoms with Gasteiger partial charge in [-0.2, -0.15) is 0 Å². The molecule has 0 aliphatic carbocycles. The van der Waals surface area contributed by atoms with Gasteiger partial charge in [0, 0.05) is 17.1 Å². The summed E-state index contributed by atoms with van der Waals surface area (Å²) in [6, 6.07) is 17.4. The monoisotopic (exact) mass is 500 g/mol. The highest BCUT2D eigenvalue weighted by Crippen LogP contribution is 2.16. The van der Waals surface area contributed by atoms with Gasteiger partial charge in [0.05, 0.1) is 19.6 Å². The maximum atomic E-state index is 12.9. The van der Waals surface area contributed by atoms with Crippen LogP contribution in [0.3, 0.4) is 0 Å². The van der Waals surface area contributed by atoms with Crippen LogP contribution >= 0.6 is 0 Å². The molecule has 0 bridgehead atoms. The van der Waals surface area contributed by atoms with Crippen molar-refractivity contribution in [2.75, 3.05) is 35.6 Å². The second-order valence-corrected chi connectivity index (χ2v) is 9.92. The van der Waals surface area contributed by atoms with Crippen LogP contribution in [0.2, 0.25) is 0 Å². The predicted octanol–water partition coefficient (Wildman–Crippen LogP) is 5.06. The first kappa shape index (κ1) is 27.6. The van der Waals surface area contributed by atoms with Crippen LogP contribution in [0.1, 0.15) is 33.4 Å². The summed E-state index contributed by atoms with van der Waals surface area (Å²) >= 11 is 0. The third-order valence-corrected chi connectivity index (χ3v) is 5.62. The quantitative estimate of drug-likeness (QED) is 0.383. The molecule has 0 aromatic heterocycles. The van der Waals surface area contributed by atoms with Crippen molar-refractivity contribution in [1.82, 2.24) is 4.90 Å². The summed E-state index contributed by atoms with van der Waals surface area (Å²) in [7, 11) is 0. The summed E-state index contributed by atoms with van der Waals surface area (Å²) in [4.78, 5) is 40.2. The van der Waals surface area contributed by atoms with Gasteiger partial charge in [-0.05, 0) is 111 Å². The number of hydrogen-bond acceptors (Lipinski definition) is 4. The average Bonchev–Trinajstić information content (AvgIpc) is 2.70. The minimum absolute atomic E-state index is 0.118. The van der Waals surface area contributed by atoms with Crippen molar-refractivity contribution >= 4 is 34.8 Å². The molecule has 3 aromatic carbocycles. The second-order valence-electron chi connectivity index (χ2n) is 9.92. The van der Waals surface area contributed by atoms with Crippen LogP contribution in [0.25, 0.3) is 0 Å². The van der Waals surface area contributed by atoms with Gasteiger partial charge in [0.25, 0.3) is 0 Å². The largest absolute Gasteiger partial charge is 0.325 e. The van der Waals surface area contributed by atoms with Crippen molar-refractivity contribution in [3.05, 3.63) is 88.0 Å². The summed E-state index contributed by atoms with van der Waals surface area (Å²) < 4.78 is 0. The van der Waals surface area contributed by atoms with E-state index in [-0.39, 0.29) is 37.4 Å². The lowest BCUT2D eigenvalue weighted by Crippen LogP contribution is -2.43. The first-order chi connectivity index (χ1) is 17.4. The molecule has 0 atom stereocenters. The van der Waals surface area contributed by atoms with Crippen molar-refractivity contribution in [3.8, 4) is 0 Å². The maximum Gasteiger partial charge on any atom is 0.238 e. The Balaban J connectivity index is 1.71. The number of nitrogens with zero attached hydrogens (tertiary/aromatic N) is 1. The molecule has 3 N–H and O–H groups in total. The van der Waals surface area contributed by atoms with E-state index in [1.807, 2.05) is 96.1 Å². The molecule has 3 aromatic rings. The molecule has 0 aliphatic rings. The maximum absolute atomic E-state index is 12.9. The Morgan fingerprint density at radius 2 is 0.676 bits per heavy atom. The normalized spacial score (nSPS) is 10.8. The summed E-state index contributed by atoms with van der Waals surface area (Å²) in [6.07, 6.45) is 0. The number of hydrogen-bond donors (Lipinski definition) is 3. The Hall–Kier alpha value is -3.97. The van der Waals surface area contributed by atoms with Crippen molar-refractivity contribution < 1.29 is 14.4 Å². The van der Waals surface area contributed by atoms with Crippen LogP contribution in [0.5, 0.6) is 0 Å². The van der Waals surface area contributed by atoms with Crippen LogP contribution < -0.4 is 16.0 Å². The van der Waals surface area contributed by atoms with Gasteiger partial charge in [0.15, 0.2) is 0 Å². The zero-order valence-electron chi connectivity index (χ0n) is 22.5. The number of benzene rings is 3. The fraction of sp³-hybridized carbons (Fsp3) is 0.300. The zero-order chi connectivity index (χ0) is 27.1. The van der Waals surface area contributed by atoms with Crippen molar-refractivity contribution in [2.45, 2.75) is 41.5 Å². The minimum atomic E-state index is -0.302. The van der Waals surface area contributed by atoms with E-state index in [4.69, 9.17) is 0 Å². The topological polar surface area (TPSA) is 90.5 Å². The van der Waals surface area contributed by atoms with Crippen LogP contribution in [0.4, 0.5) is 17.1 Å². The van der Waals surface area contributed by atoms with Crippen molar-refractivity contribution in [1.29, 1.82) is 0 Å². The van der Waals surface area contributed by atoms with E-state index in [9.17, 15) is 14.4 Å². The number of aryl methyl sites for hydroxylation is 6. The van der Waals surface area contributed by atoms with Crippen LogP contribution in [-0.2, 0) is 14.4 Å². The van der Waals surface area contributed by atoms with E-state index in [0.29, 0.717) is 17.1 Å². The Bertz CT molecular complexity index is 1090. The molecule has 0 fully saturated rings. The standard InChI is InChI=1S/C30H36N4O3/c1-19-7-20(2)11-25(10-19)31-28(35)16-34(17-29(36)32-26-12-21(3)8-22(4)13-26)18-30(37)33-27-14-23(5)9-24(6)15-27/h7-15H,16-18H2,1-6H3,(H,31,35)(H,32,36)(H,33,37). The van der Waals surface area contributed by atoms with Gasteiger partial charge in [-0.1, -0.05) is 18.2 Å². The molecule has 0 saturated heterocycles. The molecule has 3 rings (SSSR count). The Morgan fingerprint density at radius 3 is 0.892 bits per heavy atom. The van der Waals surface area contributed by atoms with Gasteiger partial charge in [0.2, 0.25) is 17.7 Å². The highest BCUT2D eigenvalue weighted by atomic mass is 16.2. The number of rotatable bonds is 9. The molecule has 0 spiro atoms. The molecule has 0 radical (unpaired) electrons. The van der Waals surface area contributed by atoms with E-state index in [2.05, 4.69) is 16.0 Å². The third-order valence-electron chi connectivity index (χ3n) is 5.62. The van der Waals surface area contributed by atoms with Gasteiger partial charge in [-0.3, -0.25) is 19.3 Å². The highest BCUT2D eigenvalue weighted by Gasteiger charge is 2.19. The summed E-state index contributed by atoms with van der Waals surface area (Å²) in [5, 5.41) is 8.66. The Morgan fingerprint density at radius 1 is 0.459 bits per heavy atom. The van der Waals surface area contributed by atoms with Gasteiger partial charge in [-0.15, -0.1) is 0 Å². The van der Waals surface area contributed by atoms with E-state index in [0.717, 1.165) is 33.4 Å². The molecular weight excluding hydrogens is 464 g/mol. The lowest BCUT2D eigenvalue weighted by molar-refractivity contribution is -0.122. The van der Waals surface area contributed by atoms with E-state index in [1.165, 1.54) is 4.90 Å². The molecule has 3 amide bonds. The van der Waals surface area contributed by atoms with Crippen LogP contribution in [-0.4, -0.2) is 42.3 Å². The zero-order valence-corrected chi connectivity index (χ0v) is 22.5. The third kappa shape index (κ3) is 9.20. The number of carbonyl (C=O) groups excluding carboxylic acids is 3. The predicted molar refractivity (Wildman–Crippen MR) is 150 cm³/mol. The molecule has 0 unspecified atom stereocenters. The number of anilines is 3. The summed E-state index contributed by atoms with van der Waals surface area (Å²) in [6.45, 7) is 11.4. The lowest BCUT2D eigenvalue weighted by atomic mass is 10.1. The van der Waals surface area contributed by atoms with Gasteiger partial charge in [0.1, 0.15) is 0 Å². The lowest BCUT2D eigenvalue weighted by Gasteiger charge is -2.21. The second kappa shape index (κ2) is 12.3. The fourth-order valence-corrected chi connectivity index (χ4v) is 4.52. The van der Waals surface area contributed by atoms with Gasteiger partial charge < -0.3 is 16.0 Å². The molecule has 37 heavy (non-hydrogen) atoms. The molecule has 7 heteroatoms. The Labute approximate surface area is 219 Å². The highest BCUT2D eigenvalue weighted by molar-refractivity contribution is 5.97. The number of amides is 3. The van der Waals surface area contributed by atoms with Crippen molar-refractivity contribution in [3.63, 3.8) is 0 Å². The number of carbonyl (C=O) groups is 3. The van der Waals surface area contributed by atoms with Gasteiger partial charge in [-0.25, -0.2) is 0 Å². The van der Waals surface area contributed by atoms with Crippen molar-refractivity contribution in [2.24, 2.45) is 0 Å². The first-order valence-electron chi connectivity index (χ1n) is 12.3. The fourth-order valence-electron chi connectivity index (χ4n) is 4.52. The molecule has 0 saturated carbocycles. The molecule has 0 aliphatic heterocycles. The SMILES string of the molecule is Cc1cc(C)cc(NC(=O)CN(CC(=O)Nc2cc(C)cc(C)c2)CC(=O)Nc2cc(C)cc(C)c2)c1. The number of nitrogens with one attached hydrogen (secondary N) is 3. The van der Waals surface area contributed by atoms with E-state index in [1.54, 1.807) is 0 Å². The first-order valence-corrected chi connectivity index (χ1v) is 12.3. The van der Waals surface area contributed by atoms with Crippen LogP contribution in [0, 0.1) is 41.5 Å².